The van der Waals surface area contributed by atoms with E-state index in [-0.39, 0.29) is 11.8 Å². The standard InChI is InChI=1S/C26H36N2O6S2/c1-31-21-7-5-19(17-23(21)33-3)9-13-27-25(29)11-15-35-36-16-12-26(30)28-14-10-20-6-8-22(32-2)24(18-20)34-4/h5-8,17-18H,9-16H2,1-4H3,(H,27,29)(H,28,30). The number of carbonyl (C=O) groups excluding carboxylic acids is 2. The molecule has 2 amide bonds. The lowest BCUT2D eigenvalue weighted by Gasteiger charge is -2.10. The molecule has 2 rings (SSSR count). The quantitative estimate of drug-likeness (QED) is 0.232. The van der Waals surface area contributed by atoms with Crippen LogP contribution in [0.1, 0.15) is 24.0 Å². The van der Waals surface area contributed by atoms with Gasteiger partial charge in [0.1, 0.15) is 0 Å². The Morgan fingerprint density at radius 2 is 1.03 bits per heavy atom. The Morgan fingerprint density at radius 1 is 0.639 bits per heavy atom. The average Bonchev–Trinajstić information content (AvgIpc) is 2.90. The molecule has 2 aromatic carbocycles. The van der Waals surface area contributed by atoms with E-state index in [9.17, 15) is 9.59 Å². The number of rotatable bonds is 17. The summed E-state index contributed by atoms with van der Waals surface area (Å²) in [4.78, 5) is 24.1. The molecule has 0 saturated carbocycles. The molecule has 36 heavy (non-hydrogen) atoms. The molecule has 0 aliphatic carbocycles. The summed E-state index contributed by atoms with van der Waals surface area (Å²) in [5.74, 6) is 4.19. The second-order valence-electron chi connectivity index (χ2n) is 7.72. The Morgan fingerprint density at radius 3 is 1.39 bits per heavy atom. The molecule has 2 N–H and O–H groups in total. The maximum absolute atomic E-state index is 12.1. The van der Waals surface area contributed by atoms with Crippen LogP contribution >= 0.6 is 21.6 Å². The maximum Gasteiger partial charge on any atom is 0.220 e. The van der Waals surface area contributed by atoms with Crippen LogP contribution in [0.5, 0.6) is 23.0 Å². The minimum atomic E-state index is 0.0245. The summed E-state index contributed by atoms with van der Waals surface area (Å²) in [6.07, 6.45) is 2.33. The smallest absolute Gasteiger partial charge is 0.220 e. The summed E-state index contributed by atoms with van der Waals surface area (Å²) in [5.41, 5.74) is 2.14. The van der Waals surface area contributed by atoms with Gasteiger partial charge in [-0.15, -0.1) is 0 Å². The van der Waals surface area contributed by atoms with Crippen molar-refractivity contribution < 1.29 is 28.5 Å². The highest BCUT2D eigenvalue weighted by atomic mass is 33.1. The van der Waals surface area contributed by atoms with E-state index in [1.807, 2.05) is 36.4 Å². The molecule has 0 saturated heterocycles. The van der Waals surface area contributed by atoms with E-state index in [4.69, 9.17) is 18.9 Å². The van der Waals surface area contributed by atoms with Crippen molar-refractivity contribution in [2.75, 3.05) is 53.0 Å². The molecule has 10 heteroatoms. The molecule has 0 atom stereocenters. The molecule has 2 aromatic rings. The van der Waals surface area contributed by atoms with E-state index in [1.165, 1.54) is 0 Å². The van der Waals surface area contributed by atoms with Crippen LogP contribution in [0, 0.1) is 0 Å². The van der Waals surface area contributed by atoms with Crippen molar-refractivity contribution in [1.29, 1.82) is 0 Å². The first-order valence-corrected chi connectivity index (χ1v) is 14.2. The predicted octanol–water partition coefficient (Wildman–Crippen LogP) is 3.90. The summed E-state index contributed by atoms with van der Waals surface area (Å²) in [6.45, 7) is 1.13. The lowest BCUT2D eigenvalue weighted by Crippen LogP contribution is -2.26. The van der Waals surface area contributed by atoms with Gasteiger partial charge in [-0.05, 0) is 48.2 Å². The first-order chi connectivity index (χ1) is 17.5. The minimum absolute atomic E-state index is 0.0245. The van der Waals surface area contributed by atoms with E-state index in [0.29, 0.717) is 60.4 Å². The third-order valence-corrected chi connectivity index (χ3v) is 7.68. The highest BCUT2D eigenvalue weighted by molar-refractivity contribution is 8.76. The summed E-state index contributed by atoms with van der Waals surface area (Å²) in [5, 5.41) is 5.89. The molecule has 0 spiro atoms. The molecule has 0 aromatic heterocycles. The molecule has 0 unspecified atom stereocenters. The SMILES string of the molecule is COc1ccc(CCNC(=O)CCSSCCC(=O)NCCc2ccc(OC)c(OC)c2)cc1OC. The van der Waals surface area contributed by atoms with Crippen molar-refractivity contribution in [2.45, 2.75) is 25.7 Å². The molecular formula is C26H36N2O6S2. The normalized spacial score (nSPS) is 10.4. The van der Waals surface area contributed by atoms with Gasteiger partial charge in [-0.2, -0.15) is 0 Å². The van der Waals surface area contributed by atoms with Gasteiger partial charge in [-0.25, -0.2) is 0 Å². The fraction of sp³-hybridized carbons (Fsp3) is 0.462. The van der Waals surface area contributed by atoms with Crippen LogP contribution in [0.4, 0.5) is 0 Å². The summed E-state index contributed by atoms with van der Waals surface area (Å²) in [6, 6.07) is 11.5. The van der Waals surface area contributed by atoms with Gasteiger partial charge in [0.05, 0.1) is 28.4 Å². The molecule has 0 bridgehead atoms. The Hall–Kier alpha value is -2.72. The molecule has 0 heterocycles. The predicted molar refractivity (Wildman–Crippen MR) is 147 cm³/mol. The summed E-state index contributed by atoms with van der Waals surface area (Å²) in [7, 11) is 9.64. The third-order valence-electron chi connectivity index (χ3n) is 5.28. The second kappa shape index (κ2) is 16.9. The number of benzene rings is 2. The molecule has 0 aliphatic heterocycles. The number of carbonyl (C=O) groups is 2. The minimum Gasteiger partial charge on any atom is -0.493 e. The van der Waals surface area contributed by atoms with Crippen LogP contribution in [0.15, 0.2) is 36.4 Å². The molecule has 0 aliphatic rings. The number of hydrogen-bond acceptors (Lipinski definition) is 8. The largest absolute Gasteiger partial charge is 0.493 e. The third kappa shape index (κ3) is 10.5. The van der Waals surface area contributed by atoms with E-state index in [2.05, 4.69) is 10.6 Å². The van der Waals surface area contributed by atoms with Gasteiger partial charge in [-0.1, -0.05) is 33.7 Å². The van der Waals surface area contributed by atoms with Crippen molar-refractivity contribution >= 4 is 33.4 Å². The molecular weight excluding hydrogens is 500 g/mol. The summed E-state index contributed by atoms with van der Waals surface area (Å²) < 4.78 is 21.1. The fourth-order valence-corrected chi connectivity index (χ4v) is 5.31. The zero-order valence-corrected chi connectivity index (χ0v) is 23.0. The van der Waals surface area contributed by atoms with Gasteiger partial charge in [0, 0.05) is 37.4 Å². The number of amides is 2. The number of ether oxygens (including phenoxy) is 4. The average molecular weight is 537 g/mol. The highest BCUT2D eigenvalue weighted by Gasteiger charge is 2.08. The van der Waals surface area contributed by atoms with Gasteiger partial charge >= 0.3 is 0 Å². The van der Waals surface area contributed by atoms with E-state index >= 15 is 0 Å². The Balaban J connectivity index is 1.50. The lowest BCUT2D eigenvalue weighted by atomic mass is 10.1. The Bertz CT molecular complexity index is 896. The van der Waals surface area contributed by atoms with E-state index < -0.39 is 0 Å². The van der Waals surface area contributed by atoms with Crippen LogP contribution in [0.25, 0.3) is 0 Å². The molecule has 198 valence electrons. The van der Waals surface area contributed by atoms with Crippen molar-refractivity contribution in [3.05, 3.63) is 47.5 Å². The van der Waals surface area contributed by atoms with Crippen LogP contribution in [0.3, 0.4) is 0 Å². The molecule has 0 fully saturated rings. The van der Waals surface area contributed by atoms with Crippen molar-refractivity contribution in [2.24, 2.45) is 0 Å². The summed E-state index contributed by atoms with van der Waals surface area (Å²) >= 11 is 0. The zero-order chi connectivity index (χ0) is 26.2. The van der Waals surface area contributed by atoms with Crippen molar-refractivity contribution in [1.82, 2.24) is 10.6 Å². The number of methoxy groups -OCH3 is 4. The van der Waals surface area contributed by atoms with Crippen molar-refractivity contribution in [3.63, 3.8) is 0 Å². The van der Waals surface area contributed by atoms with Crippen LogP contribution < -0.4 is 29.6 Å². The lowest BCUT2D eigenvalue weighted by molar-refractivity contribution is -0.121. The molecule has 8 nitrogen and oxygen atoms in total. The van der Waals surface area contributed by atoms with Gasteiger partial charge in [0.15, 0.2) is 23.0 Å². The van der Waals surface area contributed by atoms with Crippen molar-refractivity contribution in [3.8, 4) is 23.0 Å². The van der Waals surface area contributed by atoms with E-state index in [0.717, 1.165) is 24.0 Å². The Kier molecular flexibility index (Phi) is 13.8. The first-order valence-electron chi connectivity index (χ1n) is 11.7. The van der Waals surface area contributed by atoms with Gasteiger partial charge in [0.2, 0.25) is 11.8 Å². The first kappa shape index (κ1) is 29.5. The van der Waals surface area contributed by atoms with Crippen LogP contribution in [0.2, 0.25) is 0 Å². The topological polar surface area (TPSA) is 95.1 Å². The van der Waals surface area contributed by atoms with Gasteiger partial charge in [-0.3, -0.25) is 9.59 Å². The molecule has 0 radical (unpaired) electrons. The monoisotopic (exact) mass is 536 g/mol. The second-order valence-corrected chi connectivity index (χ2v) is 10.4. The van der Waals surface area contributed by atoms with Crippen LogP contribution in [-0.4, -0.2) is 64.8 Å². The zero-order valence-electron chi connectivity index (χ0n) is 21.4. The number of nitrogens with one attached hydrogen (secondary N) is 2. The highest BCUT2D eigenvalue weighted by Crippen LogP contribution is 2.28. The maximum atomic E-state index is 12.1. The van der Waals surface area contributed by atoms with Gasteiger partial charge in [0.25, 0.3) is 0 Å². The fourth-order valence-electron chi connectivity index (χ4n) is 3.33. The van der Waals surface area contributed by atoms with Crippen LogP contribution in [-0.2, 0) is 22.4 Å². The van der Waals surface area contributed by atoms with Gasteiger partial charge < -0.3 is 29.6 Å². The number of hydrogen-bond donors (Lipinski definition) is 2. The Labute approximate surface area is 221 Å². The van der Waals surface area contributed by atoms with E-state index in [1.54, 1.807) is 50.0 Å².